The lowest BCUT2D eigenvalue weighted by molar-refractivity contribution is 0.112. The smallest absolute Gasteiger partial charge is 0.150 e. The van der Waals surface area contributed by atoms with Crippen molar-refractivity contribution in [3.05, 3.63) is 59.4 Å². The van der Waals surface area contributed by atoms with E-state index in [4.69, 9.17) is 0 Å². The summed E-state index contributed by atoms with van der Waals surface area (Å²) >= 11 is 0. The van der Waals surface area contributed by atoms with E-state index in [0.717, 1.165) is 23.8 Å². The highest BCUT2D eigenvalue weighted by atomic mass is 19.1. The quantitative estimate of drug-likeness (QED) is 0.729. The molecule has 0 spiro atoms. The van der Waals surface area contributed by atoms with Crippen LogP contribution in [0.3, 0.4) is 0 Å². The highest BCUT2D eigenvalue weighted by Crippen LogP contribution is 2.24. The van der Waals surface area contributed by atoms with Crippen LogP contribution in [-0.2, 0) is 6.42 Å². The highest BCUT2D eigenvalue weighted by Gasteiger charge is 2.06. The van der Waals surface area contributed by atoms with Crippen LogP contribution in [0.15, 0.2) is 42.5 Å². The monoisotopic (exact) mass is 228 g/mol. The van der Waals surface area contributed by atoms with Crippen LogP contribution in [-0.4, -0.2) is 6.29 Å². The Hall–Kier alpha value is -1.96. The molecule has 17 heavy (non-hydrogen) atoms. The first-order chi connectivity index (χ1) is 8.24. The molecule has 0 bridgehead atoms. The molecule has 2 rings (SSSR count). The number of benzene rings is 2. The first-order valence-corrected chi connectivity index (χ1v) is 5.58. The molecule has 0 saturated carbocycles. The molecule has 0 heterocycles. The molecule has 2 heteroatoms. The number of hydrogen-bond acceptors (Lipinski definition) is 1. The van der Waals surface area contributed by atoms with Gasteiger partial charge in [-0.2, -0.15) is 0 Å². The zero-order valence-electron chi connectivity index (χ0n) is 9.61. The Morgan fingerprint density at radius 3 is 2.71 bits per heavy atom. The molecule has 0 amide bonds. The molecule has 0 saturated heterocycles. The number of halogens is 1. The van der Waals surface area contributed by atoms with E-state index in [0.29, 0.717) is 11.1 Å². The molecule has 0 aliphatic rings. The average Bonchev–Trinajstić information content (AvgIpc) is 2.39. The lowest BCUT2D eigenvalue weighted by Crippen LogP contribution is -1.89. The highest BCUT2D eigenvalue weighted by molar-refractivity contribution is 5.79. The number of aldehydes is 1. The van der Waals surface area contributed by atoms with E-state index in [-0.39, 0.29) is 5.82 Å². The fourth-order valence-corrected chi connectivity index (χ4v) is 1.80. The van der Waals surface area contributed by atoms with E-state index in [1.807, 2.05) is 24.3 Å². The molecule has 0 radical (unpaired) electrons. The Bertz CT molecular complexity index is 546. The topological polar surface area (TPSA) is 17.1 Å². The van der Waals surface area contributed by atoms with Gasteiger partial charge in [0, 0.05) is 11.1 Å². The first kappa shape index (κ1) is 11.5. The number of hydrogen-bond donors (Lipinski definition) is 0. The summed E-state index contributed by atoms with van der Waals surface area (Å²) in [5.74, 6) is -0.302. The molecule has 1 nitrogen and oxygen atoms in total. The fraction of sp³-hybridized carbons (Fsp3) is 0.133. The van der Waals surface area contributed by atoms with Gasteiger partial charge in [0.1, 0.15) is 12.1 Å². The third-order valence-corrected chi connectivity index (χ3v) is 2.77. The second-order valence-electron chi connectivity index (χ2n) is 3.91. The zero-order valence-corrected chi connectivity index (χ0v) is 9.61. The minimum atomic E-state index is -0.302. The van der Waals surface area contributed by atoms with Gasteiger partial charge in [-0.15, -0.1) is 0 Å². The van der Waals surface area contributed by atoms with Gasteiger partial charge in [0.2, 0.25) is 0 Å². The van der Waals surface area contributed by atoms with E-state index >= 15 is 0 Å². The molecule has 0 aliphatic carbocycles. The van der Waals surface area contributed by atoms with Gasteiger partial charge in [0.15, 0.2) is 0 Å². The van der Waals surface area contributed by atoms with Crippen LogP contribution in [0.4, 0.5) is 4.39 Å². The van der Waals surface area contributed by atoms with Crippen molar-refractivity contribution in [2.24, 2.45) is 0 Å². The van der Waals surface area contributed by atoms with Crippen LogP contribution < -0.4 is 0 Å². The number of carbonyl (C=O) groups excluding carboxylic acids is 1. The van der Waals surface area contributed by atoms with Crippen LogP contribution >= 0.6 is 0 Å². The summed E-state index contributed by atoms with van der Waals surface area (Å²) in [6, 6.07) is 12.1. The van der Waals surface area contributed by atoms with Crippen LogP contribution in [0, 0.1) is 5.82 Å². The second kappa shape index (κ2) is 4.91. The Labute approximate surface area is 99.9 Å². The second-order valence-corrected chi connectivity index (χ2v) is 3.91. The fourth-order valence-electron chi connectivity index (χ4n) is 1.80. The summed E-state index contributed by atoms with van der Waals surface area (Å²) in [4.78, 5) is 10.7. The average molecular weight is 228 g/mol. The molecule has 2 aromatic rings. The van der Waals surface area contributed by atoms with Crippen LogP contribution in [0.2, 0.25) is 0 Å². The van der Waals surface area contributed by atoms with Crippen LogP contribution in [0.5, 0.6) is 0 Å². The SMILES string of the molecule is CCc1cccc(-c2cc(C=O)ccc2F)c1. The first-order valence-electron chi connectivity index (χ1n) is 5.58. The minimum Gasteiger partial charge on any atom is -0.298 e. The zero-order chi connectivity index (χ0) is 12.3. The van der Waals surface area contributed by atoms with Gasteiger partial charge in [-0.1, -0.05) is 31.2 Å². The van der Waals surface area contributed by atoms with E-state index in [2.05, 4.69) is 6.92 Å². The van der Waals surface area contributed by atoms with Gasteiger partial charge in [0.05, 0.1) is 0 Å². The van der Waals surface area contributed by atoms with Gasteiger partial charge < -0.3 is 0 Å². The maximum atomic E-state index is 13.7. The summed E-state index contributed by atoms with van der Waals surface area (Å²) in [5.41, 5.74) is 2.93. The van der Waals surface area contributed by atoms with E-state index in [1.54, 1.807) is 6.07 Å². The molecule has 0 unspecified atom stereocenters. The van der Waals surface area contributed by atoms with E-state index in [9.17, 15) is 9.18 Å². The molecule has 0 fully saturated rings. The normalized spacial score (nSPS) is 10.2. The van der Waals surface area contributed by atoms with E-state index < -0.39 is 0 Å². The number of aryl methyl sites for hydroxylation is 1. The molecule has 86 valence electrons. The summed E-state index contributed by atoms with van der Waals surface area (Å²) in [5, 5.41) is 0. The van der Waals surface area contributed by atoms with Crippen LogP contribution in [0.1, 0.15) is 22.8 Å². The van der Waals surface area contributed by atoms with Crippen LogP contribution in [0.25, 0.3) is 11.1 Å². The van der Waals surface area contributed by atoms with Crippen molar-refractivity contribution in [2.45, 2.75) is 13.3 Å². The molecular formula is C15H13FO. The predicted molar refractivity (Wildman–Crippen MR) is 66.6 cm³/mol. The minimum absolute atomic E-state index is 0.302. The van der Waals surface area contributed by atoms with Crippen molar-refractivity contribution in [2.75, 3.05) is 0 Å². The van der Waals surface area contributed by atoms with Gasteiger partial charge >= 0.3 is 0 Å². The van der Waals surface area contributed by atoms with Crippen molar-refractivity contribution in [3.8, 4) is 11.1 Å². The molecule has 0 N–H and O–H groups in total. The summed E-state index contributed by atoms with van der Waals surface area (Å²) in [6.07, 6.45) is 1.63. The summed E-state index contributed by atoms with van der Waals surface area (Å²) < 4.78 is 13.7. The van der Waals surface area contributed by atoms with Crippen molar-refractivity contribution >= 4 is 6.29 Å². The number of carbonyl (C=O) groups is 1. The third kappa shape index (κ3) is 2.41. The predicted octanol–water partition coefficient (Wildman–Crippen LogP) is 3.87. The Morgan fingerprint density at radius 1 is 1.18 bits per heavy atom. The number of rotatable bonds is 3. The van der Waals surface area contributed by atoms with Gasteiger partial charge in [-0.25, -0.2) is 4.39 Å². The molecule has 2 aromatic carbocycles. The summed E-state index contributed by atoms with van der Waals surface area (Å²) in [7, 11) is 0. The lowest BCUT2D eigenvalue weighted by atomic mass is 10.00. The van der Waals surface area contributed by atoms with Crippen molar-refractivity contribution in [1.29, 1.82) is 0 Å². The maximum absolute atomic E-state index is 13.7. The van der Waals surface area contributed by atoms with Gasteiger partial charge in [0.25, 0.3) is 0 Å². The van der Waals surface area contributed by atoms with E-state index in [1.165, 1.54) is 12.1 Å². The Morgan fingerprint density at radius 2 is 2.00 bits per heavy atom. The standard InChI is InChI=1S/C15H13FO/c1-2-11-4-3-5-13(8-11)14-9-12(10-17)6-7-15(14)16/h3-10H,2H2,1H3. The van der Waals surface area contributed by atoms with Crippen molar-refractivity contribution < 1.29 is 9.18 Å². The third-order valence-electron chi connectivity index (χ3n) is 2.77. The maximum Gasteiger partial charge on any atom is 0.150 e. The largest absolute Gasteiger partial charge is 0.298 e. The van der Waals surface area contributed by atoms with Gasteiger partial charge in [-0.05, 0) is 35.7 Å². The Balaban J connectivity index is 2.54. The van der Waals surface area contributed by atoms with Crippen molar-refractivity contribution in [1.82, 2.24) is 0 Å². The van der Waals surface area contributed by atoms with Crippen molar-refractivity contribution in [3.63, 3.8) is 0 Å². The molecule has 0 aliphatic heterocycles. The van der Waals surface area contributed by atoms with Gasteiger partial charge in [-0.3, -0.25) is 4.79 Å². The molecular weight excluding hydrogens is 215 g/mol. The Kier molecular flexibility index (Phi) is 3.33. The molecule has 0 atom stereocenters. The lowest BCUT2D eigenvalue weighted by Gasteiger charge is -2.06. The summed E-state index contributed by atoms with van der Waals surface area (Å²) in [6.45, 7) is 2.05. The molecule has 0 aromatic heterocycles.